The Labute approximate surface area is 423 Å². The number of esters is 2. The maximum absolute atomic E-state index is 12.8. The summed E-state index contributed by atoms with van der Waals surface area (Å²) >= 11 is 0. The number of likely N-dealkylation sites (N-methyl/N-ethyl adjacent to an activating group) is 1. The van der Waals surface area contributed by atoms with Crippen LogP contribution < -0.4 is 4.89 Å². The zero-order valence-electron chi connectivity index (χ0n) is 44.7. The van der Waals surface area contributed by atoms with Gasteiger partial charge in [0.2, 0.25) is 0 Å². The van der Waals surface area contributed by atoms with E-state index in [0.29, 0.717) is 23.9 Å². The van der Waals surface area contributed by atoms with Gasteiger partial charge < -0.3 is 27.9 Å². The number of rotatable bonds is 49. The molecule has 0 rings (SSSR count). The van der Waals surface area contributed by atoms with Gasteiger partial charge in [-0.15, -0.1) is 0 Å². The molecule has 0 aliphatic carbocycles. The molecule has 0 fully saturated rings. The lowest BCUT2D eigenvalue weighted by molar-refractivity contribution is -0.870. The molecule has 396 valence electrons. The summed E-state index contributed by atoms with van der Waals surface area (Å²) in [5.41, 5.74) is 0. The van der Waals surface area contributed by atoms with Gasteiger partial charge in [-0.25, -0.2) is 0 Å². The van der Waals surface area contributed by atoms with Crippen LogP contribution in [0.25, 0.3) is 0 Å². The molecule has 69 heavy (non-hydrogen) atoms. The third-order valence-electron chi connectivity index (χ3n) is 11.3. The lowest BCUT2D eigenvalue weighted by Gasteiger charge is -2.28. The first-order valence-corrected chi connectivity index (χ1v) is 28.9. The Hall–Kier alpha value is -3.07. The zero-order valence-corrected chi connectivity index (χ0v) is 45.6. The van der Waals surface area contributed by atoms with Crippen molar-refractivity contribution in [2.24, 2.45) is 0 Å². The number of carbonyl (C=O) groups is 2. The van der Waals surface area contributed by atoms with E-state index in [0.717, 1.165) is 103 Å². The van der Waals surface area contributed by atoms with Crippen LogP contribution in [0.3, 0.4) is 0 Å². The number of unbranched alkanes of at least 4 members (excludes halogenated alkanes) is 19. The number of phosphoric acid groups is 1. The number of phosphoric ester groups is 1. The van der Waals surface area contributed by atoms with Crippen LogP contribution >= 0.6 is 7.82 Å². The Kier molecular flexibility index (Phi) is 47.7. The molecule has 0 bridgehead atoms. The molecule has 0 aromatic carbocycles. The minimum absolute atomic E-state index is 0.0376. The second-order valence-corrected chi connectivity index (χ2v) is 20.6. The largest absolute Gasteiger partial charge is 0.756 e. The van der Waals surface area contributed by atoms with Crippen molar-refractivity contribution in [2.45, 2.75) is 219 Å². The summed E-state index contributed by atoms with van der Waals surface area (Å²) in [6.07, 6.45) is 67.3. The van der Waals surface area contributed by atoms with Crippen LogP contribution in [0.15, 0.2) is 97.2 Å². The predicted octanol–water partition coefficient (Wildman–Crippen LogP) is 16.2. The lowest BCUT2D eigenvalue weighted by Crippen LogP contribution is -2.37. The molecule has 0 spiro atoms. The smallest absolute Gasteiger partial charge is 0.306 e. The molecule has 2 atom stereocenters. The molecule has 9 nitrogen and oxygen atoms in total. The fourth-order valence-corrected chi connectivity index (χ4v) is 7.83. The van der Waals surface area contributed by atoms with Gasteiger partial charge in [-0.05, 0) is 96.3 Å². The zero-order chi connectivity index (χ0) is 50.6. The molecule has 0 aliphatic heterocycles. The van der Waals surface area contributed by atoms with Gasteiger partial charge in [0.25, 0.3) is 7.82 Å². The highest BCUT2D eigenvalue weighted by Gasteiger charge is 2.21. The topological polar surface area (TPSA) is 111 Å². The van der Waals surface area contributed by atoms with Crippen LogP contribution in [0.5, 0.6) is 0 Å². The van der Waals surface area contributed by atoms with Gasteiger partial charge in [0.15, 0.2) is 6.10 Å². The number of carbonyl (C=O) groups excluding carboxylic acids is 2. The van der Waals surface area contributed by atoms with E-state index in [-0.39, 0.29) is 26.1 Å². The molecule has 0 N–H and O–H groups in total. The van der Waals surface area contributed by atoms with Crippen LogP contribution in [0.2, 0.25) is 0 Å². The number of nitrogens with zero attached hydrogens (tertiary/aromatic N) is 1. The lowest BCUT2D eigenvalue weighted by atomic mass is 10.1. The predicted molar refractivity (Wildman–Crippen MR) is 291 cm³/mol. The Morgan fingerprint density at radius 2 is 0.826 bits per heavy atom. The van der Waals surface area contributed by atoms with Gasteiger partial charge >= 0.3 is 11.9 Å². The average molecular weight is 984 g/mol. The molecule has 0 amide bonds. The first-order chi connectivity index (χ1) is 33.5. The van der Waals surface area contributed by atoms with Crippen molar-refractivity contribution in [3.05, 3.63) is 97.2 Å². The number of hydrogen-bond donors (Lipinski definition) is 0. The molecule has 10 heteroatoms. The molecular weight excluding hydrogens is 882 g/mol. The number of ether oxygens (including phenoxy) is 2. The summed E-state index contributed by atoms with van der Waals surface area (Å²) in [6, 6.07) is 0. The summed E-state index contributed by atoms with van der Waals surface area (Å²) < 4.78 is 34.1. The summed E-state index contributed by atoms with van der Waals surface area (Å²) in [5, 5.41) is 0. The molecule has 0 saturated heterocycles. The molecule has 0 aromatic rings. The quantitative estimate of drug-likeness (QED) is 0.0195. The van der Waals surface area contributed by atoms with Gasteiger partial charge in [0, 0.05) is 12.8 Å². The normalized spacial score (nSPS) is 14.1. The third-order valence-corrected chi connectivity index (χ3v) is 12.3. The Bertz CT molecular complexity index is 1490. The minimum Gasteiger partial charge on any atom is -0.756 e. The fraction of sp³-hybridized carbons (Fsp3) is 0.695. The van der Waals surface area contributed by atoms with E-state index in [2.05, 4.69) is 111 Å². The average Bonchev–Trinajstić information content (AvgIpc) is 3.31. The first-order valence-electron chi connectivity index (χ1n) is 27.4. The summed E-state index contributed by atoms with van der Waals surface area (Å²) in [7, 11) is 1.15. The standard InChI is InChI=1S/C59H102NO8P/c1-6-8-10-12-14-16-18-20-22-23-24-25-26-27-28-29-30-31-32-33-34-35-36-37-38-40-42-44-46-48-50-52-59(62)68-57(56-67-69(63,64)66-54-53-60(3,4)5)55-65-58(61)51-49-47-45-43-41-39-21-19-17-15-13-11-9-7-2/h8,10,14,16,19-22,24-25,27-28,30-31,33-34,57H,6-7,9,11-13,15,17-18,23,26,29,32,35-56H2,1-5H3/b10-8-,16-14-,21-19-,22-20-,25-24-,28-27-,31-30-,34-33-. The molecule has 2 unspecified atom stereocenters. The van der Waals surface area contributed by atoms with Crippen molar-refractivity contribution in [3.63, 3.8) is 0 Å². The van der Waals surface area contributed by atoms with E-state index >= 15 is 0 Å². The molecule has 0 aromatic heterocycles. The van der Waals surface area contributed by atoms with Crippen LogP contribution in [0.4, 0.5) is 0 Å². The molecule has 0 heterocycles. The molecule has 0 saturated carbocycles. The SMILES string of the molecule is CC/C=C\C/C=C\C/C=C\C/C=C\C/C=C\C/C=C\C/C=C\CCCCCCCCCCCC(=O)OC(COC(=O)CCCCCCC/C=C\CCCCCCC)COP(=O)([O-])OCC[N+](C)(C)C. The van der Waals surface area contributed by atoms with E-state index in [1.54, 1.807) is 0 Å². The molecule has 0 aliphatic rings. The van der Waals surface area contributed by atoms with Crippen molar-refractivity contribution in [3.8, 4) is 0 Å². The maximum atomic E-state index is 12.8. The third kappa shape index (κ3) is 54.1. The minimum atomic E-state index is -4.64. The Morgan fingerprint density at radius 3 is 1.25 bits per heavy atom. The fourth-order valence-electron chi connectivity index (χ4n) is 7.10. The number of hydrogen-bond acceptors (Lipinski definition) is 8. The molecule has 0 radical (unpaired) electrons. The van der Waals surface area contributed by atoms with E-state index in [1.807, 2.05) is 21.1 Å². The second kappa shape index (κ2) is 49.9. The van der Waals surface area contributed by atoms with Gasteiger partial charge in [0.1, 0.15) is 19.8 Å². The van der Waals surface area contributed by atoms with Crippen LogP contribution in [0, 0.1) is 0 Å². The van der Waals surface area contributed by atoms with Crippen LogP contribution in [-0.2, 0) is 32.7 Å². The first kappa shape index (κ1) is 65.9. The van der Waals surface area contributed by atoms with E-state index in [9.17, 15) is 19.0 Å². The highest BCUT2D eigenvalue weighted by Crippen LogP contribution is 2.38. The van der Waals surface area contributed by atoms with Crippen LogP contribution in [0.1, 0.15) is 213 Å². The van der Waals surface area contributed by atoms with Gasteiger partial charge in [-0.3, -0.25) is 14.2 Å². The van der Waals surface area contributed by atoms with E-state index in [1.165, 1.54) is 70.6 Å². The van der Waals surface area contributed by atoms with Crippen LogP contribution in [-0.4, -0.2) is 70.0 Å². The van der Waals surface area contributed by atoms with Crippen molar-refractivity contribution in [1.82, 2.24) is 0 Å². The number of allylic oxidation sites excluding steroid dienone is 16. The van der Waals surface area contributed by atoms with Gasteiger partial charge in [-0.1, -0.05) is 201 Å². The van der Waals surface area contributed by atoms with Gasteiger partial charge in [-0.2, -0.15) is 0 Å². The van der Waals surface area contributed by atoms with Crippen molar-refractivity contribution in [2.75, 3.05) is 47.5 Å². The monoisotopic (exact) mass is 984 g/mol. The Balaban J connectivity index is 4.19. The van der Waals surface area contributed by atoms with Crippen molar-refractivity contribution in [1.29, 1.82) is 0 Å². The highest BCUT2D eigenvalue weighted by atomic mass is 31.2. The summed E-state index contributed by atoms with van der Waals surface area (Å²) in [6.45, 7) is 4.09. The van der Waals surface area contributed by atoms with Crippen molar-refractivity contribution >= 4 is 19.8 Å². The second-order valence-electron chi connectivity index (χ2n) is 19.2. The van der Waals surface area contributed by atoms with E-state index < -0.39 is 32.5 Å². The van der Waals surface area contributed by atoms with Crippen molar-refractivity contribution < 1.29 is 42.1 Å². The highest BCUT2D eigenvalue weighted by molar-refractivity contribution is 7.45. The molecular formula is C59H102NO8P. The Morgan fingerprint density at radius 1 is 0.464 bits per heavy atom. The summed E-state index contributed by atoms with van der Waals surface area (Å²) in [5.74, 6) is -0.855. The van der Waals surface area contributed by atoms with Gasteiger partial charge in [0.05, 0.1) is 27.7 Å². The number of quaternary nitrogens is 1. The summed E-state index contributed by atoms with van der Waals surface area (Å²) in [4.78, 5) is 37.7. The van der Waals surface area contributed by atoms with E-state index in [4.69, 9.17) is 18.5 Å². The maximum Gasteiger partial charge on any atom is 0.306 e.